The molecule has 1 aliphatic rings. The van der Waals surface area contributed by atoms with Crippen molar-refractivity contribution in [3.05, 3.63) is 59.8 Å². The van der Waals surface area contributed by atoms with Crippen LogP contribution in [0.25, 0.3) is 0 Å². The minimum absolute atomic E-state index is 0.106. The molecule has 6 heteroatoms. The third-order valence-electron chi connectivity index (χ3n) is 4.74. The van der Waals surface area contributed by atoms with Crippen molar-refractivity contribution in [2.45, 2.75) is 12.5 Å². The van der Waals surface area contributed by atoms with Gasteiger partial charge in [-0.2, -0.15) is 0 Å². The largest absolute Gasteiger partial charge is 0.353 e. The Kier molecular flexibility index (Phi) is 6.79. The second-order valence-electron chi connectivity index (χ2n) is 7.16. The van der Waals surface area contributed by atoms with Crippen LogP contribution in [-0.2, 0) is 0 Å². The van der Waals surface area contributed by atoms with E-state index >= 15 is 0 Å². The smallest absolute Gasteiger partial charge is 0.269 e. The van der Waals surface area contributed by atoms with Gasteiger partial charge in [0.1, 0.15) is 11.5 Å². The number of amides is 1. The number of nitrogens with one attached hydrogen (secondary N) is 2. The van der Waals surface area contributed by atoms with Crippen molar-refractivity contribution in [3.8, 4) is 0 Å². The van der Waals surface area contributed by atoms with E-state index in [-0.39, 0.29) is 11.9 Å². The van der Waals surface area contributed by atoms with Gasteiger partial charge in [-0.15, -0.1) is 0 Å². The fraction of sp³-hybridized carbons (Fsp3) is 0.429. The minimum atomic E-state index is -0.106. The number of hydrogen-bond donors (Lipinski definition) is 2. The third kappa shape index (κ3) is 5.52. The standard InChI is InChI=1S/C21H29N5O/c1-25(2)14-7-12-23-21(27)18-10-6-11-20(24-18)26-15-13-22-19(16-26)17-8-4-3-5-9-17/h3-6,8-11,19,22H,7,12-16H2,1-2H3,(H,23,27)/t19-/m1/s1. The predicted molar refractivity (Wildman–Crippen MR) is 109 cm³/mol. The van der Waals surface area contributed by atoms with E-state index in [1.54, 1.807) is 6.07 Å². The summed E-state index contributed by atoms with van der Waals surface area (Å²) in [5.74, 6) is 0.753. The Morgan fingerprint density at radius 2 is 2.04 bits per heavy atom. The van der Waals surface area contributed by atoms with Crippen molar-refractivity contribution in [1.82, 2.24) is 20.5 Å². The van der Waals surface area contributed by atoms with Gasteiger partial charge in [-0.3, -0.25) is 4.79 Å². The summed E-state index contributed by atoms with van der Waals surface area (Å²) in [6.45, 7) is 4.22. The fourth-order valence-electron chi connectivity index (χ4n) is 3.28. The Morgan fingerprint density at radius 3 is 2.81 bits per heavy atom. The van der Waals surface area contributed by atoms with Crippen LogP contribution in [0.1, 0.15) is 28.5 Å². The van der Waals surface area contributed by atoms with Crippen molar-refractivity contribution in [2.24, 2.45) is 0 Å². The Bertz CT molecular complexity index is 734. The molecule has 1 amide bonds. The lowest BCUT2D eigenvalue weighted by atomic mass is 10.0. The van der Waals surface area contributed by atoms with E-state index in [1.165, 1.54) is 5.56 Å². The van der Waals surface area contributed by atoms with Gasteiger partial charge in [-0.05, 0) is 44.8 Å². The van der Waals surface area contributed by atoms with Gasteiger partial charge in [0.25, 0.3) is 5.91 Å². The van der Waals surface area contributed by atoms with E-state index in [0.717, 1.165) is 38.4 Å². The molecule has 1 aromatic carbocycles. The van der Waals surface area contributed by atoms with Crippen molar-refractivity contribution in [3.63, 3.8) is 0 Å². The van der Waals surface area contributed by atoms with E-state index in [0.29, 0.717) is 12.2 Å². The zero-order valence-corrected chi connectivity index (χ0v) is 16.2. The van der Waals surface area contributed by atoms with Crippen molar-refractivity contribution in [2.75, 3.05) is 51.7 Å². The minimum Gasteiger partial charge on any atom is -0.353 e. The number of benzene rings is 1. The molecule has 2 heterocycles. The molecule has 144 valence electrons. The van der Waals surface area contributed by atoms with E-state index in [9.17, 15) is 4.79 Å². The molecule has 0 bridgehead atoms. The first-order valence-electron chi connectivity index (χ1n) is 9.57. The molecule has 0 spiro atoms. The van der Waals surface area contributed by atoms with E-state index in [4.69, 9.17) is 0 Å². The van der Waals surface area contributed by atoms with Crippen LogP contribution in [0.15, 0.2) is 48.5 Å². The second-order valence-corrected chi connectivity index (χ2v) is 7.16. The number of carbonyl (C=O) groups excluding carboxylic acids is 1. The lowest BCUT2D eigenvalue weighted by Gasteiger charge is -2.35. The third-order valence-corrected chi connectivity index (χ3v) is 4.74. The number of aromatic nitrogens is 1. The topological polar surface area (TPSA) is 60.5 Å². The molecule has 0 unspecified atom stereocenters. The van der Waals surface area contributed by atoms with E-state index in [2.05, 4.69) is 49.7 Å². The summed E-state index contributed by atoms with van der Waals surface area (Å²) < 4.78 is 0. The number of carbonyl (C=O) groups is 1. The molecule has 0 aliphatic carbocycles. The quantitative estimate of drug-likeness (QED) is 0.732. The van der Waals surface area contributed by atoms with Gasteiger partial charge in [-0.25, -0.2) is 4.98 Å². The molecule has 1 atom stereocenters. The lowest BCUT2D eigenvalue weighted by molar-refractivity contribution is 0.0947. The maximum absolute atomic E-state index is 12.4. The van der Waals surface area contributed by atoms with Crippen LogP contribution in [0.2, 0.25) is 0 Å². The summed E-state index contributed by atoms with van der Waals surface area (Å²) in [4.78, 5) is 21.4. The molecule has 3 rings (SSSR count). The summed E-state index contributed by atoms with van der Waals surface area (Å²) in [5.41, 5.74) is 1.75. The van der Waals surface area contributed by atoms with Crippen LogP contribution < -0.4 is 15.5 Å². The molecule has 1 aliphatic heterocycles. The average molecular weight is 367 g/mol. The first-order chi connectivity index (χ1) is 13.1. The zero-order chi connectivity index (χ0) is 19.1. The summed E-state index contributed by atoms with van der Waals surface area (Å²) in [6.07, 6.45) is 0.926. The monoisotopic (exact) mass is 367 g/mol. The summed E-state index contributed by atoms with van der Waals surface area (Å²) in [7, 11) is 4.06. The van der Waals surface area contributed by atoms with Gasteiger partial charge in [0.05, 0.1) is 0 Å². The first kappa shape index (κ1) is 19.3. The van der Waals surface area contributed by atoms with Crippen LogP contribution in [0.4, 0.5) is 5.82 Å². The number of nitrogens with zero attached hydrogens (tertiary/aromatic N) is 3. The highest BCUT2D eigenvalue weighted by atomic mass is 16.1. The van der Waals surface area contributed by atoms with Gasteiger partial charge in [-0.1, -0.05) is 36.4 Å². The normalized spacial score (nSPS) is 17.1. The molecule has 6 nitrogen and oxygen atoms in total. The summed E-state index contributed by atoms with van der Waals surface area (Å²) in [6, 6.07) is 16.4. The van der Waals surface area contributed by atoms with Gasteiger partial charge in [0.15, 0.2) is 0 Å². The van der Waals surface area contributed by atoms with Crippen molar-refractivity contribution >= 4 is 11.7 Å². The Labute approximate surface area is 161 Å². The van der Waals surface area contributed by atoms with Gasteiger partial charge in [0, 0.05) is 32.2 Å². The molecule has 0 saturated carbocycles. The zero-order valence-electron chi connectivity index (χ0n) is 16.2. The molecule has 2 aromatic rings. The van der Waals surface area contributed by atoms with Crippen LogP contribution in [0, 0.1) is 0 Å². The molecule has 1 fully saturated rings. The highest BCUT2D eigenvalue weighted by molar-refractivity contribution is 5.92. The van der Waals surface area contributed by atoms with Crippen LogP contribution >= 0.6 is 0 Å². The first-order valence-corrected chi connectivity index (χ1v) is 9.57. The van der Waals surface area contributed by atoms with E-state index in [1.807, 2.05) is 32.3 Å². The number of hydrogen-bond acceptors (Lipinski definition) is 5. The average Bonchev–Trinajstić information content (AvgIpc) is 2.72. The molecular weight excluding hydrogens is 338 g/mol. The van der Waals surface area contributed by atoms with E-state index < -0.39 is 0 Å². The van der Waals surface area contributed by atoms with Gasteiger partial charge < -0.3 is 20.4 Å². The van der Waals surface area contributed by atoms with Crippen LogP contribution in [-0.4, -0.2) is 62.6 Å². The number of pyridine rings is 1. The summed E-state index contributed by atoms with van der Waals surface area (Å²) >= 11 is 0. The molecular formula is C21H29N5O. The van der Waals surface area contributed by atoms with Gasteiger partial charge >= 0.3 is 0 Å². The molecule has 27 heavy (non-hydrogen) atoms. The Hall–Kier alpha value is -2.44. The molecule has 1 aromatic heterocycles. The fourth-order valence-corrected chi connectivity index (χ4v) is 3.28. The lowest BCUT2D eigenvalue weighted by Crippen LogP contribution is -2.46. The maximum atomic E-state index is 12.4. The SMILES string of the molecule is CN(C)CCCNC(=O)c1cccc(N2CCN[C@@H](c3ccccc3)C2)n1. The van der Waals surface area contributed by atoms with Crippen molar-refractivity contribution in [1.29, 1.82) is 0 Å². The Balaban J connectivity index is 1.61. The number of rotatable bonds is 7. The summed E-state index contributed by atoms with van der Waals surface area (Å²) in [5, 5.41) is 6.52. The predicted octanol–water partition coefficient (Wildman–Crippen LogP) is 1.91. The van der Waals surface area contributed by atoms with Crippen LogP contribution in [0.3, 0.4) is 0 Å². The molecule has 1 saturated heterocycles. The van der Waals surface area contributed by atoms with Crippen LogP contribution in [0.5, 0.6) is 0 Å². The number of piperazine rings is 1. The molecule has 2 N–H and O–H groups in total. The highest BCUT2D eigenvalue weighted by Crippen LogP contribution is 2.21. The Morgan fingerprint density at radius 1 is 1.22 bits per heavy atom. The number of anilines is 1. The second kappa shape index (κ2) is 9.48. The molecule has 0 radical (unpaired) electrons. The van der Waals surface area contributed by atoms with Gasteiger partial charge in [0.2, 0.25) is 0 Å². The highest BCUT2D eigenvalue weighted by Gasteiger charge is 2.22. The maximum Gasteiger partial charge on any atom is 0.269 e. The van der Waals surface area contributed by atoms with Crippen molar-refractivity contribution < 1.29 is 4.79 Å².